The van der Waals surface area contributed by atoms with Gasteiger partial charge in [0.05, 0.1) is 0 Å². The number of hydrogen-bond donors (Lipinski definition) is 1. The highest BCUT2D eigenvalue weighted by Crippen LogP contribution is 2.29. The Morgan fingerprint density at radius 3 is 1.72 bits per heavy atom. The molecule has 0 heterocycles. The third kappa shape index (κ3) is 7.27. The summed E-state index contributed by atoms with van der Waals surface area (Å²) in [6.45, 7) is -0.865. The molecule has 1 aliphatic carbocycles. The average Bonchev–Trinajstić information content (AvgIpc) is 2.79. The fraction of sp³-hybridized carbons (Fsp3) is 0.591. The maximum atomic E-state index is 13.5. The Labute approximate surface area is 182 Å². The second-order valence-corrected chi connectivity index (χ2v) is 7.87. The van der Waals surface area contributed by atoms with Gasteiger partial charge in [-0.05, 0) is 12.8 Å². The van der Waals surface area contributed by atoms with Crippen molar-refractivity contribution in [3.63, 3.8) is 0 Å². The predicted molar refractivity (Wildman–Crippen MR) is 104 cm³/mol. The molecular formula is C22H26F5NO4. The molecule has 0 saturated heterocycles. The molecule has 1 aromatic rings. The van der Waals surface area contributed by atoms with Crippen LogP contribution in [0.1, 0.15) is 70.6 Å². The Morgan fingerprint density at radius 2 is 1.19 bits per heavy atom. The lowest BCUT2D eigenvalue weighted by atomic mass is 9.87. The average molecular weight is 463 g/mol. The van der Waals surface area contributed by atoms with Gasteiger partial charge in [-0.2, -0.15) is 8.78 Å². The molecule has 0 radical (unpaired) electrons. The van der Waals surface area contributed by atoms with Crippen LogP contribution >= 0.6 is 0 Å². The van der Waals surface area contributed by atoms with Crippen molar-refractivity contribution in [1.82, 2.24) is 5.32 Å². The zero-order valence-corrected chi connectivity index (χ0v) is 17.6. The van der Waals surface area contributed by atoms with Crippen LogP contribution in [0.2, 0.25) is 0 Å². The summed E-state index contributed by atoms with van der Waals surface area (Å²) in [6, 6.07) is 0. The second kappa shape index (κ2) is 12.5. The molecule has 1 aliphatic rings. The predicted octanol–water partition coefficient (Wildman–Crippen LogP) is 4.89. The van der Waals surface area contributed by atoms with Crippen molar-refractivity contribution < 1.29 is 41.1 Å². The lowest BCUT2D eigenvalue weighted by Crippen LogP contribution is -2.32. The molecule has 5 nitrogen and oxygen atoms in total. The number of benzene rings is 1. The van der Waals surface area contributed by atoms with Crippen molar-refractivity contribution in [3.8, 4) is 5.75 Å². The summed E-state index contributed by atoms with van der Waals surface area (Å²) in [6.07, 6.45) is 8.99. The van der Waals surface area contributed by atoms with Gasteiger partial charge in [0.15, 0.2) is 0 Å². The normalized spacial score (nSPS) is 15.8. The van der Waals surface area contributed by atoms with Crippen molar-refractivity contribution in [2.75, 3.05) is 6.54 Å². The monoisotopic (exact) mass is 463 g/mol. The summed E-state index contributed by atoms with van der Waals surface area (Å²) in [5.74, 6) is -15.4. The summed E-state index contributed by atoms with van der Waals surface area (Å²) in [7, 11) is 0. The molecule has 1 amide bonds. The Bertz CT molecular complexity index is 807. The SMILES string of the molecule is O=C(CCC(=O)C1CCCCCCCCC1)NCC(=O)Oc1c(F)c(F)c(F)c(F)c1F. The molecule has 1 aromatic carbocycles. The van der Waals surface area contributed by atoms with Gasteiger partial charge in [0, 0.05) is 18.8 Å². The summed E-state index contributed by atoms with van der Waals surface area (Å²) >= 11 is 0. The van der Waals surface area contributed by atoms with Gasteiger partial charge in [0.25, 0.3) is 0 Å². The van der Waals surface area contributed by atoms with Gasteiger partial charge >= 0.3 is 5.97 Å². The number of rotatable bonds is 7. The van der Waals surface area contributed by atoms with E-state index in [1.165, 1.54) is 6.42 Å². The number of amides is 1. The highest BCUT2D eigenvalue weighted by Gasteiger charge is 2.28. The van der Waals surface area contributed by atoms with Crippen LogP contribution in [-0.4, -0.2) is 24.2 Å². The minimum atomic E-state index is -2.38. The number of ether oxygens (including phenoxy) is 1. The first-order valence-corrected chi connectivity index (χ1v) is 10.7. The molecule has 178 valence electrons. The topological polar surface area (TPSA) is 72.5 Å². The maximum Gasteiger partial charge on any atom is 0.331 e. The van der Waals surface area contributed by atoms with Crippen LogP contribution in [0.4, 0.5) is 22.0 Å². The Balaban J connectivity index is 1.80. The second-order valence-electron chi connectivity index (χ2n) is 7.87. The Morgan fingerprint density at radius 1 is 0.719 bits per heavy atom. The van der Waals surface area contributed by atoms with E-state index in [9.17, 15) is 36.3 Å². The molecule has 0 aromatic heterocycles. The van der Waals surface area contributed by atoms with E-state index in [4.69, 9.17) is 0 Å². The quantitative estimate of drug-likeness (QED) is 0.205. The van der Waals surface area contributed by atoms with Crippen LogP contribution in [0, 0.1) is 35.0 Å². The number of esters is 1. The maximum absolute atomic E-state index is 13.5. The third-order valence-corrected chi connectivity index (χ3v) is 5.47. The number of nitrogens with one attached hydrogen (secondary N) is 1. The van der Waals surface area contributed by atoms with Crippen LogP contribution in [-0.2, 0) is 14.4 Å². The van der Waals surface area contributed by atoms with E-state index in [0.29, 0.717) is 0 Å². The van der Waals surface area contributed by atoms with Gasteiger partial charge in [-0.3, -0.25) is 9.59 Å². The van der Waals surface area contributed by atoms with Crippen LogP contribution in [0.3, 0.4) is 0 Å². The zero-order chi connectivity index (χ0) is 23.7. The summed E-state index contributed by atoms with van der Waals surface area (Å²) in [5, 5.41) is 2.11. The smallest absolute Gasteiger partial charge is 0.331 e. The summed E-state index contributed by atoms with van der Waals surface area (Å²) in [4.78, 5) is 36.0. The number of carbonyl (C=O) groups is 3. The fourth-order valence-electron chi connectivity index (χ4n) is 3.66. The third-order valence-electron chi connectivity index (χ3n) is 5.47. The molecule has 1 fully saturated rings. The van der Waals surface area contributed by atoms with Gasteiger partial charge in [-0.1, -0.05) is 44.9 Å². The highest BCUT2D eigenvalue weighted by atomic mass is 19.2. The standard InChI is InChI=1S/C22H26F5NO4/c23-17-18(24)20(26)22(21(27)19(17)25)32-16(31)12-28-15(30)11-10-14(29)13-8-6-4-2-1-3-5-7-9-13/h13H,1-12H2,(H,28,30). The lowest BCUT2D eigenvalue weighted by molar-refractivity contribution is -0.136. The molecule has 0 unspecified atom stereocenters. The molecule has 10 heteroatoms. The molecular weight excluding hydrogens is 437 g/mol. The van der Waals surface area contributed by atoms with Crippen LogP contribution in [0.5, 0.6) is 5.75 Å². The minimum absolute atomic E-state index is 0.0107. The van der Waals surface area contributed by atoms with Gasteiger partial charge in [0.2, 0.25) is 40.7 Å². The van der Waals surface area contributed by atoms with Crippen LogP contribution < -0.4 is 10.1 Å². The van der Waals surface area contributed by atoms with E-state index in [2.05, 4.69) is 10.1 Å². The number of ketones is 1. The molecule has 0 aliphatic heterocycles. The van der Waals surface area contributed by atoms with Crippen molar-refractivity contribution in [2.24, 2.45) is 5.92 Å². The number of hydrogen-bond acceptors (Lipinski definition) is 4. The molecule has 32 heavy (non-hydrogen) atoms. The molecule has 0 atom stereocenters. The number of carbonyl (C=O) groups excluding carboxylic acids is 3. The van der Waals surface area contributed by atoms with E-state index in [-0.39, 0.29) is 24.5 Å². The van der Waals surface area contributed by atoms with Crippen molar-refractivity contribution in [1.29, 1.82) is 0 Å². The van der Waals surface area contributed by atoms with E-state index in [1.54, 1.807) is 0 Å². The number of halogens is 5. The van der Waals surface area contributed by atoms with E-state index in [1.807, 2.05) is 0 Å². The zero-order valence-electron chi connectivity index (χ0n) is 17.6. The van der Waals surface area contributed by atoms with Crippen LogP contribution in [0.15, 0.2) is 0 Å². The first kappa shape index (κ1) is 25.7. The first-order chi connectivity index (χ1) is 15.2. The highest BCUT2D eigenvalue weighted by molar-refractivity contribution is 5.88. The van der Waals surface area contributed by atoms with Gasteiger partial charge in [-0.25, -0.2) is 18.0 Å². The van der Waals surface area contributed by atoms with Crippen molar-refractivity contribution in [2.45, 2.75) is 70.6 Å². The largest absolute Gasteiger partial charge is 0.419 e. The Hall–Kier alpha value is -2.52. The molecule has 2 rings (SSSR count). The number of Topliss-reactive ketones (excluding diaryl/α,β-unsaturated/α-hetero) is 1. The van der Waals surface area contributed by atoms with E-state index < -0.39 is 53.3 Å². The molecule has 0 spiro atoms. The lowest BCUT2D eigenvalue weighted by Gasteiger charge is -2.17. The molecule has 1 saturated carbocycles. The van der Waals surface area contributed by atoms with Gasteiger partial charge in [0.1, 0.15) is 12.3 Å². The minimum Gasteiger partial charge on any atom is -0.419 e. The molecule has 1 N–H and O–H groups in total. The van der Waals surface area contributed by atoms with Gasteiger partial charge in [-0.15, -0.1) is 0 Å². The van der Waals surface area contributed by atoms with Crippen molar-refractivity contribution >= 4 is 17.7 Å². The van der Waals surface area contributed by atoms with E-state index in [0.717, 1.165) is 51.4 Å². The fourth-order valence-corrected chi connectivity index (χ4v) is 3.66. The summed E-state index contributed by atoms with van der Waals surface area (Å²) in [5.41, 5.74) is 0. The summed E-state index contributed by atoms with van der Waals surface area (Å²) < 4.78 is 70.5. The van der Waals surface area contributed by atoms with Crippen molar-refractivity contribution in [3.05, 3.63) is 29.1 Å². The van der Waals surface area contributed by atoms with Crippen LogP contribution in [0.25, 0.3) is 0 Å². The van der Waals surface area contributed by atoms with Gasteiger partial charge < -0.3 is 10.1 Å². The van der Waals surface area contributed by atoms with E-state index >= 15 is 0 Å². The molecule has 0 bridgehead atoms. The first-order valence-electron chi connectivity index (χ1n) is 10.7. The Kier molecular flexibility index (Phi) is 10.1.